The summed E-state index contributed by atoms with van der Waals surface area (Å²) in [5.41, 5.74) is 0. The van der Waals surface area contributed by atoms with Gasteiger partial charge in [-0.05, 0) is 18.8 Å². The smallest absolute Gasteiger partial charge is 0.308 e. The predicted molar refractivity (Wildman–Crippen MR) is 94.1 cm³/mol. The molecule has 0 aromatic carbocycles. The van der Waals surface area contributed by atoms with E-state index in [0.29, 0.717) is 5.92 Å². The molecule has 2 saturated heterocycles. The quantitative estimate of drug-likeness (QED) is 0.444. The Labute approximate surface area is 145 Å². The Balaban J connectivity index is 1.71. The van der Waals surface area contributed by atoms with Crippen molar-refractivity contribution in [2.24, 2.45) is 16.8 Å². The van der Waals surface area contributed by atoms with E-state index in [1.54, 1.807) is 0 Å². The highest BCUT2D eigenvalue weighted by atomic mass is 16.5. The molecule has 7 nitrogen and oxygen atoms in total. The molecule has 2 aliphatic rings. The number of ether oxygens (including phenoxy) is 2. The highest BCUT2D eigenvalue weighted by Crippen LogP contribution is 2.18. The Hall–Kier alpha value is -1.34. The van der Waals surface area contributed by atoms with E-state index in [-0.39, 0.29) is 11.9 Å². The summed E-state index contributed by atoms with van der Waals surface area (Å²) in [6.07, 6.45) is 1.66. The average molecular weight is 340 g/mol. The lowest BCUT2D eigenvalue weighted by Gasteiger charge is -2.34. The SMILES string of the molecule is CN=C(NCC(C)CN1CCOCC1)N1CCC(C(=O)OC)CC1. The molecule has 0 radical (unpaired) electrons. The summed E-state index contributed by atoms with van der Waals surface area (Å²) in [5, 5.41) is 3.49. The van der Waals surface area contributed by atoms with Gasteiger partial charge in [-0.25, -0.2) is 0 Å². The number of guanidine groups is 1. The van der Waals surface area contributed by atoms with Gasteiger partial charge in [-0.2, -0.15) is 0 Å². The number of rotatable bonds is 5. The summed E-state index contributed by atoms with van der Waals surface area (Å²) in [6.45, 7) is 9.68. The van der Waals surface area contributed by atoms with E-state index in [1.807, 2.05) is 7.05 Å². The van der Waals surface area contributed by atoms with E-state index >= 15 is 0 Å². The maximum Gasteiger partial charge on any atom is 0.308 e. The third-order valence-electron chi connectivity index (χ3n) is 4.82. The number of carbonyl (C=O) groups is 1. The first kappa shape index (κ1) is 19.0. The minimum absolute atomic E-state index is 0.0320. The second-order valence-electron chi connectivity index (χ2n) is 6.73. The zero-order valence-electron chi connectivity index (χ0n) is 15.3. The fourth-order valence-corrected chi connectivity index (χ4v) is 3.38. The standard InChI is InChI=1S/C17H32N4O3/c1-14(13-20-8-10-24-11-9-20)12-19-17(18-2)21-6-4-15(5-7-21)16(22)23-3/h14-15H,4-13H2,1-3H3,(H,18,19). The van der Waals surface area contributed by atoms with Gasteiger partial charge in [-0.15, -0.1) is 0 Å². The zero-order chi connectivity index (χ0) is 17.4. The first-order chi connectivity index (χ1) is 11.6. The number of piperidine rings is 1. The van der Waals surface area contributed by atoms with Crippen molar-refractivity contribution >= 4 is 11.9 Å². The lowest BCUT2D eigenvalue weighted by Crippen LogP contribution is -2.48. The molecule has 138 valence electrons. The van der Waals surface area contributed by atoms with E-state index < -0.39 is 0 Å². The van der Waals surface area contributed by atoms with Gasteiger partial charge >= 0.3 is 5.97 Å². The molecule has 0 aromatic heterocycles. The fourth-order valence-electron chi connectivity index (χ4n) is 3.38. The molecule has 2 rings (SSSR count). The molecule has 0 aromatic rings. The topological polar surface area (TPSA) is 66.4 Å². The predicted octanol–water partition coefficient (Wildman–Crippen LogP) is 0.415. The van der Waals surface area contributed by atoms with Gasteiger partial charge in [0.1, 0.15) is 0 Å². The maximum absolute atomic E-state index is 11.6. The molecular formula is C17H32N4O3. The van der Waals surface area contributed by atoms with Crippen LogP contribution in [0.3, 0.4) is 0 Å². The first-order valence-corrected chi connectivity index (χ1v) is 8.97. The Kier molecular flexibility index (Phi) is 7.78. The van der Waals surface area contributed by atoms with Gasteiger partial charge in [0.25, 0.3) is 0 Å². The summed E-state index contributed by atoms with van der Waals surface area (Å²) in [4.78, 5) is 20.7. The van der Waals surface area contributed by atoms with Crippen molar-refractivity contribution < 1.29 is 14.3 Å². The van der Waals surface area contributed by atoms with E-state index in [9.17, 15) is 4.79 Å². The molecule has 1 unspecified atom stereocenters. The minimum atomic E-state index is -0.0864. The molecule has 0 aliphatic carbocycles. The van der Waals surface area contributed by atoms with Crippen molar-refractivity contribution in [2.45, 2.75) is 19.8 Å². The lowest BCUT2D eigenvalue weighted by atomic mass is 9.97. The highest BCUT2D eigenvalue weighted by Gasteiger charge is 2.27. The molecule has 0 spiro atoms. The van der Waals surface area contributed by atoms with E-state index in [1.165, 1.54) is 7.11 Å². The van der Waals surface area contributed by atoms with Gasteiger partial charge in [-0.3, -0.25) is 14.7 Å². The lowest BCUT2D eigenvalue weighted by molar-refractivity contribution is -0.146. The van der Waals surface area contributed by atoms with Crippen LogP contribution < -0.4 is 5.32 Å². The number of aliphatic imine (C=N–C) groups is 1. The number of methoxy groups -OCH3 is 1. The Morgan fingerprint density at radius 3 is 2.54 bits per heavy atom. The van der Waals surface area contributed by atoms with Crippen LogP contribution in [0.5, 0.6) is 0 Å². The van der Waals surface area contributed by atoms with Crippen LogP contribution in [0.25, 0.3) is 0 Å². The molecular weight excluding hydrogens is 308 g/mol. The van der Waals surface area contributed by atoms with Crippen LogP contribution in [0, 0.1) is 11.8 Å². The molecule has 1 N–H and O–H groups in total. The average Bonchev–Trinajstić information content (AvgIpc) is 2.63. The molecule has 7 heteroatoms. The van der Waals surface area contributed by atoms with Crippen LogP contribution in [0.4, 0.5) is 0 Å². The third kappa shape index (κ3) is 5.63. The van der Waals surface area contributed by atoms with Gasteiger partial charge in [-0.1, -0.05) is 6.92 Å². The van der Waals surface area contributed by atoms with Crippen LogP contribution in [0.2, 0.25) is 0 Å². The largest absolute Gasteiger partial charge is 0.469 e. The van der Waals surface area contributed by atoms with Crippen LogP contribution >= 0.6 is 0 Å². The Morgan fingerprint density at radius 1 is 1.29 bits per heavy atom. The van der Waals surface area contributed by atoms with E-state index in [0.717, 1.165) is 71.3 Å². The molecule has 2 fully saturated rings. The molecule has 1 atom stereocenters. The monoisotopic (exact) mass is 340 g/mol. The summed E-state index contributed by atoms with van der Waals surface area (Å²) in [7, 11) is 3.28. The number of likely N-dealkylation sites (tertiary alicyclic amines) is 1. The van der Waals surface area contributed by atoms with Crippen molar-refractivity contribution in [3.63, 3.8) is 0 Å². The highest BCUT2D eigenvalue weighted by molar-refractivity contribution is 5.80. The molecule has 2 aliphatic heterocycles. The van der Waals surface area contributed by atoms with Crippen LogP contribution in [0.15, 0.2) is 4.99 Å². The third-order valence-corrected chi connectivity index (χ3v) is 4.82. The van der Waals surface area contributed by atoms with Crippen molar-refractivity contribution in [2.75, 3.05) is 66.6 Å². The number of esters is 1. The van der Waals surface area contributed by atoms with Gasteiger partial charge in [0, 0.05) is 46.3 Å². The summed E-state index contributed by atoms with van der Waals surface area (Å²) >= 11 is 0. The van der Waals surface area contributed by atoms with Gasteiger partial charge < -0.3 is 19.7 Å². The molecule has 2 heterocycles. The number of nitrogens with one attached hydrogen (secondary N) is 1. The summed E-state index contributed by atoms with van der Waals surface area (Å²) in [5.74, 6) is 1.43. The minimum Gasteiger partial charge on any atom is -0.469 e. The maximum atomic E-state index is 11.6. The van der Waals surface area contributed by atoms with Gasteiger partial charge in [0.2, 0.25) is 0 Å². The van der Waals surface area contributed by atoms with E-state index in [2.05, 4.69) is 27.0 Å². The zero-order valence-corrected chi connectivity index (χ0v) is 15.3. The van der Waals surface area contributed by atoms with E-state index in [4.69, 9.17) is 9.47 Å². The number of hydrogen-bond acceptors (Lipinski definition) is 5. The number of nitrogens with zero attached hydrogens (tertiary/aromatic N) is 3. The second kappa shape index (κ2) is 9.84. The number of hydrogen-bond donors (Lipinski definition) is 1. The second-order valence-corrected chi connectivity index (χ2v) is 6.73. The molecule has 0 amide bonds. The molecule has 0 saturated carbocycles. The Bertz CT molecular complexity index is 416. The van der Waals surface area contributed by atoms with Crippen LogP contribution in [0.1, 0.15) is 19.8 Å². The van der Waals surface area contributed by atoms with Crippen molar-refractivity contribution in [3.05, 3.63) is 0 Å². The van der Waals surface area contributed by atoms with Crippen LogP contribution in [-0.2, 0) is 14.3 Å². The van der Waals surface area contributed by atoms with Crippen molar-refractivity contribution in [3.8, 4) is 0 Å². The summed E-state index contributed by atoms with van der Waals surface area (Å²) in [6, 6.07) is 0. The summed E-state index contributed by atoms with van der Waals surface area (Å²) < 4.78 is 10.2. The fraction of sp³-hybridized carbons (Fsp3) is 0.882. The van der Waals surface area contributed by atoms with Gasteiger partial charge in [0.15, 0.2) is 5.96 Å². The van der Waals surface area contributed by atoms with Crippen molar-refractivity contribution in [1.29, 1.82) is 0 Å². The first-order valence-electron chi connectivity index (χ1n) is 8.97. The van der Waals surface area contributed by atoms with Gasteiger partial charge in [0.05, 0.1) is 26.2 Å². The molecule has 0 bridgehead atoms. The number of morpholine rings is 1. The normalized spacial score (nSPS) is 22.3. The molecule has 24 heavy (non-hydrogen) atoms. The van der Waals surface area contributed by atoms with Crippen molar-refractivity contribution in [1.82, 2.24) is 15.1 Å². The van der Waals surface area contributed by atoms with Crippen LogP contribution in [-0.4, -0.2) is 88.4 Å². The number of carbonyl (C=O) groups excluding carboxylic acids is 1. The Morgan fingerprint density at radius 2 is 1.96 bits per heavy atom.